The summed E-state index contributed by atoms with van der Waals surface area (Å²) >= 11 is 0. The minimum absolute atomic E-state index is 0.411. The first-order chi connectivity index (χ1) is 11.8. The summed E-state index contributed by atoms with van der Waals surface area (Å²) in [6, 6.07) is 0. The lowest BCUT2D eigenvalue weighted by molar-refractivity contribution is 0.0763. The van der Waals surface area contributed by atoms with Crippen molar-refractivity contribution in [1.82, 2.24) is 0 Å². The van der Waals surface area contributed by atoms with Crippen molar-refractivity contribution in [1.29, 1.82) is 0 Å². The summed E-state index contributed by atoms with van der Waals surface area (Å²) in [5.74, 6) is 2.58. The minimum atomic E-state index is 0.411. The van der Waals surface area contributed by atoms with Gasteiger partial charge in [0.25, 0.3) is 0 Å². The third-order valence-electron chi connectivity index (χ3n) is 7.08. The average molecular weight is 336 g/mol. The normalized spacial score (nSPS) is 57.5. The summed E-state index contributed by atoms with van der Waals surface area (Å²) in [4.78, 5) is 0. The molecular weight excluding hydrogens is 308 g/mol. The second-order valence-electron chi connectivity index (χ2n) is 8.87. The molecule has 5 heteroatoms. The molecule has 0 aromatic heterocycles. The monoisotopic (exact) mass is 336 g/mol. The van der Waals surface area contributed by atoms with Gasteiger partial charge in [-0.05, 0) is 56.3 Å². The van der Waals surface area contributed by atoms with Crippen LogP contribution in [-0.2, 0) is 23.7 Å². The molecule has 4 aliphatic heterocycles. The lowest BCUT2D eigenvalue weighted by Crippen LogP contribution is -2.24. The number of ether oxygens (including phenoxy) is 5. The molecule has 5 nitrogen and oxygen atoms in total. The van der Waals surface area contributed by atoms with E-state index >= 15 is 0 Å². The van der Waals surface area contributed by atoms with Crippen LogP contribution in [0.4, 0.5) is 0 Å². The van der Waals surface area contributed by atoms with E-state index in [2.05, 4.69) is 0 Å². The fourth-order valence-electron chi connectivity index (χ4n) is 5.39. The van der Waals surface area contributed by atoms with Crippen molar-refractivity contribution < 1.29 is 23.7 Å². The Kier molecular flexibility index (Phi) is 3.51. The third kappa shape index (κ3) is 3.03. The van der Waals surface area contributed by atoms with Gasteiger partial charge in [-0.2, -0.15) is 0 Å². The SMILES string of the molecule is C1C2CC3OC3C2CC2OC12.C1CC2OC2CC1COCC1CO1. The van der Waals surface area contributed by atoms with E-state index < -0.39 is 0 Å². The molecule has 4 heterocycles. The number of fused-ring (bicyclic) bond motifs is 5. The molecule has 4 saturated heterocycles. The molecule has 3 aliphatic carbocycles. The molecule has 134 valence electrons. The van der Waals surface area contributed by atoms with Crippen LogP contribution in [0.1, 0.15) is 38.5 Å². The van der Waals surface area contributed by atoms with Gasteiger partial charge in [0.05, 0.1) is 49.8 Å². The molecule has 0 amide bonds. The van der Waals surface area contributed by atoms with Crippen molar-refractivity contribution in [3.8, 4) is 0 Å². The van der Waals surface area contributed by atoms with Crippen LogP contribution in [0.25, 0.3) is 0 Å². The molecule has 3 saturated carbocycles. The van der Waals surface area contributed by atoms with Crippen LogP contribution < -0.4 is 0 Å². The Hall–Kier alpha value is -0.200. The lowest BCUT2D eigenvalue weighted by Gasteiger charge is -2.23. The summed E-state index contributed by atoms with van der Waals surface area (Å²) in [7, 11) is 0. The largest absolute Gasteiger partial charge is 0.378 e. The predicted octanol–water partition coefficient (Wildman–Crippen LogP) is 1.92. The van der Waals surface area contributed by atoms with Gasteiger partial charge in [0.2, 0.25) is 0 Å². The molecule has 0 N–H and O–H groups in total. The van der Waals surface area contributed by atoms with E-state index in [1.165, 1.54) is 38.5 Å². The molecule has 0 bridgehead atoms. The van der Waals surface area contributed by atoms with Gasteiger partial charge in [0.1, 0.15) is 6.10 Å². The zero-order valence-electron chi connectivity index (χ0n) is 14.2. The van der Waals surface area contributed by atoms with Crippen LogP contribution >= 0.6 is 0 Å². The van der Waals surface area contributed by atoms with Gasteiger partial charge in [-0.15, -0.1) is 0 Å². The Bertz CT molecular complexity index is 494. The van der Waals surface area contributed by atoms with Crippen LogP contribution in [0.3, 0.4) is 0 Å². The molecule has 0 spiro atoms. The van der Waals surface area contributed by atoms with Crippen LogP contribution in [0.5, 0.6) is 0 Å². The van der Waals surface area contributed by atoms with Gasteiger partial charge in [0, 0.05) is 6.61 Å². The van der Waals surface area contributed by atoms with E-state index in [-0.39, 0.29) is 0 Å². The van der Waals surface area contributed by atoms with E-state index in [0.717, 1.165) is 37.6 Å². The van der Waals surface area contributed by atoms with Crippen LogP contribution in [-0.4, -0.2) is 62.5 Å². The highest BCUT2D eigenvalue weighted by molar-refractivity contribution is 5.09. The fraction of sp³-hybridized carbons (Fsp3) is 1.00. The van der Waals surface area contributed by atoms with Gasteiger partial charge in [-0.3, -0.25) is 0 Å². The number of hydrogen-bond donors (Lipinski definition) is 0. The van der Waals surface area contributed by atoms with E-state index in [0.29, 0.717) is 42.7 Å². The molecule has 0 aromatic rings. The van der Waals surface area contributed by atoms with Crippen molar-refractivity contribution in [2.45, 2.75) is 81.3 Å². The molecule has 0 aromatic carbocycles. The summed E-state index contributed by atoms with van der Waals surface area (Å²) in [5, 5.41) is 0. The average Bonchev–Trinajstić information content (AvgIpc) is 3.43. The van der Waals surface area contributed by atoms with Crippen molar-refractivity contribution >= 4 is 0 Å². The van der Waals surface area contributed by atoms with E-state index in [4.69, 9.17) is 23.7 Å². The topological polar surface area (TPSA) is 59.3 Å². The maximum Gasteiger partial charge on any atom is 0.104 e. The first kappa shape index (κ1) is 14.9. The lowest BCUT2D eigenvalue weighted by atomic mass is 9.81. The summed E-state index contributed by atoms with van der Waals surface area (Å²) < 4.78 is 27.2. The Balaban J connectivity index is 0.000000101. The number of epoxide rings is 4. The van der Waals surface area contributed by atoms with Gasteiger partial charge >= 0.3 is 0 Å². The van der Waals surface area contributed by atoms with Crippen LogP contribution in [0.15, 0.2) is 0 Å². The van der Waals surface area contributed by atoms with Gasteiger partial charge in [-0.25, -0.2) is 0 Å². The molecular formula is C19H28O5. The first-order valence-corrected chi connectivity index (χ1v) is 9.99. The molecule has 0 radical (unpaired) electrons. The summed E-state index contributed by atoms with van der Waals surface area (Å²) in [6.45, 7) is 2.61. The van der Waals surface area contributed by atoms with Crippen LogP contribution in [0, 0.1) is 17.8 Å². The molecule has 7 rings (SSSR count). The summed E-state index contributed by atoms with van der Waals surface area (Å²) in [5.41, 5.74) is 0. The third-order valence-corrected chi connectivity index (χ3v) is 7.08. The Morgan fingerprint density at radius 1 is 0.750 bits per heavy atom. The summed E-state index contributed by atoms with van der Waals surface area (Å²) in [6.07, 6.45) is 12.0. The van der Waals surface area contributed by atoms with Crippen molar-refractivity contribution in [2.75, 3.05) is 19.8 Å². The Morgan fingerprint density at radius 3 is 2.42 bits per heavy atom. The molecule has 7 fully saturated rings. The van der Waals surface area contributed by atoms with Crippen molar-refractivity contribution in [3.05, 3.63) is 0 Å². The minimum Gasteiger partial charge on any atom is -0.378 e. The molecule has 10 unspecified atom stereocenters. The van der Waals surface area contributed by atoms with E-state index in [9.17, 15) is 0 Å². The standard InChI is InChI=1S/C10H16O3.C9H12O2/c1-2-9-10(13-9)3-7(1)4-11-5-8-6-12-8;1-4-2-8-9(11-8)5(4)3-7-6(1)10-7/h7-10H,1-6H2;4-9H,1-3H2. The molecule has 7 aliphatic rings. The van der Waals surface area contributed by atoms with Gasteiger partial charge < -0.3 is 23.7 Å². The zero-order valence-corrected chi connectivity index (χ0v) is 14.2. The van der Waals surface area contributed by atoms with Crippen molar-refractivity contribution in [3.63, 3.8) is 0 Å². The van der Waals surface area contributed by atoms with E-state index in [1.54, 1.807) is 0 Å². The Morgan fingerprint density at radius 2 is 1.54 bits per heavy atom. The highest BCUT2D eigenvalue weighted by Crippen LogP contribution is 2.56. The van der Waals surface area contributed by atoms with Gasteiger partial charge in [0.15, 0.2) is 0 Å². The first-order valence-electron chi connectivity index (χ1n) is 9.99. The maximum atomic E-state index is 5.58. The van der Waals surface area contributed by atoms with Crippen molar-refractivity contribution in [2.24, 2.45) is 17.8 Å². The molecule has 24 heavy (non-hydrogen) atoms. The smallest absolute Gasteiger partial charge is 0.104 e. The Labute approximate surface area is 143 Å². The number of rotatable bonds is 4. The van der Waals surface area contributed by atoms with Crippen LogP contribution in [0.2, 0.25) is 0 Å². The second kappa shape index (κ2) is 5.65. The predicted molar refractivity (Wildman–Crippen MR) is 84.7 cm³/mol. The maximum absolute atomic E-state index is 5.58. The number of hydrogen-bond acceptors (Lipinski definition) is 5. The van der Waals surface area contributed by atoms with E-state index in [1.807, 2.05) is 0 Å². The quantitative estimate of drug-likeness (QED) is 0.734. The zero-order chi connectivity index (χ0) is 15.7. The molecule has 10 atom stereocenters. The highest BCUT2D eigenvalue weighted by Gasteiger charge is 2.61. The second-order valence-corrected chi connectivity index (χ2v) is 8.87. The fourth-order valence-corrected chi connectivity index (χ4v) is 5.39. The highest BCUT2D eigenvalue weighted by atomic mass is 16.6. The van der Waals surface area contributed by atoms with Gasteiger partial charge in [-0.1, -0.05) is 0 Å².